The number of hydrogen-bond donors (Lipinski definition) is 1. The molecule has 0 aliphatic rings. The Morgan fingerprint density at radius 2 is 1.83 bits per heavy atom. The molecule has 0 saturated heterocycles. The van der Waals surface area contributed by atoms with E-state index in [1.54, 1.807) is 6.07 Å². The molecule has 2 rings (SSSR count). The average molecular weight is 333 g/mol. The molecule has 23 heavy (non-hydrogen) atoms. The third-order valence-corrected chi connectivity index (χ3v) is 4.15. The zero-order valence-electron chi connectivity index (χ0n) is 14.0. The number of likely N-dealkylation sites (N-methyl/N-ethyl adjacent to an activating group) is 1. The van der Waals surface area contributed by atoms with Gasteiger partial charge >= 0.3 is 0 Å². The van der Waals surface area contributed by atoms with Gasteiger partial charge in [0.1, 0.15) is 0 Å². The third kappa shape index (κ3) is 4.73. The van der Waals surface area contributed by atoms with Crippen molar-refractivity contribution in [3.63, 3.8) is 0 Å². The second-order valence-corrected chi connectivity index (χ2v) is 5.74. The summed E-state index contributed by atoms with van der Waals surface area (Å²) in [5, 5.41) is 0. The minimum atomic E-state index is 0. The fraction of sp³-hybridized carbons (Fsp3) is 0.316. The molecule has 0 aliphatic heterocycles. The van der Waals surface area contributed by atoms with Crippen LogP contribution in [0.5, 0.6) is 0 Å². The maximum absolute atomic E-state index is 12.8. The van der Waals surface area contributed by atoms with Gasteiger partial charge in [0.05, 0.1) is 0 Å². The van der Waals surface area contributed by atoms with Crippen molar-refractivity contribution in [1.82, 2.24) is 4.90 Å². The third-order valence-electron chi connectivity index (χ3n) is 4.15. The maximum atomic E-state index is 12.8. The van der Waals surface area contributed by atoms with Gasteiger partial charge in [0.15, 0.2) is 0 Å². The topological polar surface area (TPSA) is 46.3 Å². The van der Waals surface area contributed by atoms with E-state index in [2.05, 4.69) is 19.1 Å². The van der Waals surface area contributed by atoms with Crippen molar-refractivity contribution in [3.05, 3.63) is 65.2 Å². The van der Waals surface area contributed by atoms with E-state index in [1.165, 1.54) is 5.56 Å². The number of nitrogen functional groups attached to an aromatic ring is 1. The number of amides is 1. The second kappa shape index (κ2) is 8.59. The molecule has 1 atom stereocenters. The fourth-order valence-corrected chi connectivity index (χ4v) is 2.67. The van der Waals surface area contributed by atoms with Gasteiger partial charge in [-0.05, 0) is 43.0 Å². The average Bonchev–Trinajstić information content (AvgIpc) is 2.54. The van der Waals surface area contributed by atoms with Gasteiger partial charge in [-0.25, -0.2) is 0 Å². The van der Waals surface area contributed by atoms with E-state index in [0.29, 0.717) is 11.3 Å². The summed E-state index contributed by atoms with van der Waals surface area (Å²) in [6.45, 7) is 4.06. The standard InChI is InChI=1S/C19H24N2O.ClH/c1-4-17(12-15-8-6-5-7-9-15)21(3)19(22)18-13-16(20)11-10-14(18)2;/h5-11,13,17H,4,12,20H2,1-3H3;1H. The van der Waals surface area contributed by atoms with Gasteiger partial charge in [0, 0.05) is 24.3 Å². The molecule has 1 amide bonds. The van der Waals surface area contributed by atoms with E-state index in [4.69, 9.17) is 5.73 Å². The van der Waals surface area contributed by atoms with Crippen molar-refractivity contribution in [3.8, 4) is 0 Å². The Labute approximate surface area is 144 Å². The summed E-state index contributed by atoms with van der Waals surface area (Å²) in [5.41, 5.74) is 9.35. The van der Waals surface area contributed by atoms with Crippen molar-refractivity contribution in [2.24, 2.45) is 0 Å². The minimum absolute atomic E-state index is 0. The van der Waals surface area contributed by atoms with E-state index in [0.717, 1.165) is 18.4 Å². The molecule has 0 radical (unpaired) electrons. The SMILES string of the molecule is CCC(Cc1ccccc1)N(C)C(=O)c1cc(N)ccc1C.Cl. The van der Waals surface area contributed by atoms with Gasteiger partial charge < -0.3 is 10.6 Å². The molecule has 0 aliphatic carbocycles. The summed E-state index contributed by atoms with van der Waals surface area (Å²) in [5.74, 6) is 0.0348. The predicted octanol–water partition coefficient (Wildman–Crippen LogP) is 4.09. The minimum Gasteiger partial charge on any atom is -0.399 e. The first-order chi connectivity index (χ1) is 10.5. The molecule has 0 saturated carbocycles. The maximum Gasteiger partial charge on any atom is 0.254 e. The van der Waals surface area contributed by atoms with Gasteiger partial charge in [-0.15, -0.1) is 12.4 Å². The van der Waals surface area contributed by atoms with E-state index >= 15 is 0 Å². The molecule has 0 spiro atoms. The molecule has 4 heteroatoms. The number of rotatable bonds is 5. The predicted molar refractivity (Wildman–Crippen MR) is 99.2 cm³/mol. The highest BCUT2D eigenvalue weighted by atomic mass is 35.5. The molecule has 3 nitrogen and oxygen atoms in total. The number of nitrogens with two attached hydrogens (primary N) is 1. The number of benzene rings is 2. The summed E-state index contributed by atoms with van der Waals surface area (Å²) < 4.78 is 0. The van der Waals surface area contributed by atoms with Crippen LogP contribution < -0.4 is 5.73 Å². The Balaban J connectivity index is 0.00000264. The van der Waals surface area contributed by atoms with Crippen molar-refractivity contribution < 1.29 is 4.79 Å². The van der Waals surface area contributed by atoms with Gasteiger partial charge in [0.2, 0.25) is 0 Å². The lowest BCUT2D eigenvalue weighted by molar-refractivity contribution is 0.0726. The second-order valence-electron chi connectivity index (χ2n) is 5.74. The van der Waals surface area contributed by atoms with Crippen LogP contribution in [0, 0.1) is 6.92 Å². The molecule has 1 unspecified atom stereocenters. The van der Waals surface area contributed by atoms with Crippen LogP contribution in [0.25, 0.3) is 0 Å². The molecule has 2 aromatic rings. The summed E-state index contributed by atoms with van der Waals surface area (Å²) in [6.07, 6.45) is 1.78. The number of carbonyl (C=O) groups is 1. The Hall–Kier alpha value is -2.00. The first-order valence-electron chi connectivity index (χ1n) is 7.70. The van der Waals surface area contributed by atoms with E-state index in [9.17, 15) is 4.79 Å². The molecule has 2 N–H and O–H groups in total. The summed E-state index contributed by atoms with van der Waals surface area (Å²) in [7, 11) is 1.88. The van der Waals surface area contributed by atoms with Crippen LogP contribution in [0.2, 0.25) is 0 Å². The molecule has 124 valence electrons. The highest BCUT2D eigenvalue weighted by Crippen LogP contribution is 2.18. The molecule has 0 bridgehead atoms. The van der Waals surface area contributed by atoms with Gasteiger partial charge in [-0.3, -0.25) is 4.79 Å². The lowest BCUT2D eigenvalue weighted by Gasteiger charge is -2.28. The highest BCUT2D eigenvalue weighted by Gasteiger charge is 2.21. The summed E-state index contributed by atoms with van der Waals surface area (Å²) >= 11 is 0. The Bertz CT molecular complexity index is 643. The summed E-state index contributed by atoms with van der Waals surface area (Å²) in [6, 6.07) is 16.0. The fourth-order valence-electron chi connectivity index (χ4n) is 2.67. The Morgan fingerprint density at radius 1 is 1.17 bits per heavy atom. The lowest BCUT2D eigenvalue weighted by atomic mass is 10.0. The monoisotopic (exact) mass is 332 g/mol. The molecular weight excluding hydrogens is 308 g/mol. The number of aryl methyl sites for hydroxylation is 1. The number of hydrogen-bond acceptors (Lipinski definition) is 2. The van der Waals surface area contributed by atoms with E-state index < -0.39 is 0 Å². The number of anilines is 1. The van der Waals surface area contributed by atoms with Crippen molar-refractivity contribution in [1.29, 1.82) is 0 Å². The van der Waals surface area contributed by atoms with Gasteiger partial charge in [0.25, 0.3) is 5.91 Å². The first-order valence-corrected chi connectivity index (χ1v) is 7.70. The Kier molecular flexibility index (Phi) is 7.11. The quantitative estimate of drug-likeness (QED) is 0.838. The lowest BCUT2D eigenvalue weighted by Crippen LogP contribution is -2.38. The van der Waals surface area contributed by atoms with Crippen molar-refractivity contribution in [2.75, 3.05) is 12.8 Å². The van der Waals surface area contributed by atoms with E-state index in [-0.39, 0.29) is 24.4 Å². The molecular formula is C19H25ClN2O. The van der Waals surface area contributed by atoms with Crippen LogP contribution in [0.4, 0.5) is 5.69 Å². The van der Waals surface area contributed by atoms with Crippen LogP contribution in [0.15, 0.2) is 48.5 Å². The van der Waals surface area contributed by atoms with Crippen LogP contribution >= 0.6 is 12.4 Å². The van der Waals surface area contributed by atoms with Gasteiger partial charge in [-0.1, -0.05) is 43.3 Å². The Morgan fingerprint density at radius 3 is 2.43 bits per heavy atom. The van der Waals surface area contributed by atoms with Crippen LogP contribution in [0.1, 0.15) is 34.8 Å². The smallest absolute Gasteiger partial charge is 0.254 e. The molecule has 2 aromatic carbocycles. The normalized spacial score (nSPS) is 11.4. The number of nitrogens with zero attached hydrogens (tertiary/aromatic N) is 1. The molecule has 0 heterocycles. The van der Waals surface area contributed by atoms with Crippen molar-refractivity contribution >= 4 is 24.0 Å². The number of halogens is 1. The first kappa shape index (κ1) is 19.0. The number of carbonyl (C=O) groups excluding carboxylic acids is 1. The zero-order valence-corrected chi connectivity index (χ0v) is 14.8. The highest BCUT2D eigenvalue weighted by molar-refractivity contribution is 5.96. The van der Waals surface area contributed by atoms with Crippen LogP contribution in [0.3, 0.4) is 0 Å². The largest absolute Gasteiger partial charge is 0.399 e. The summed E-state index contributed by atoms with van der Waals surface area (Å²) in [4.78, 5) is 14.6. The van der Waals surface area contributed by atoms with Crippen LogP contribution in [-0.2, 0) is 6.42 Å². The molecule has 0 fully saturated rings. The van der Waals surface area contributed by atoms with E-state index in [1.807, 2.05) is 49.2 Å². The van der Waals surface area contributed by atoms with Gasteiger partial charge in [-0.2, -0.15) is 0 Å². The zero-order chi connectivity index (χ0) is 16.1. The van der Waals surface area contributed by atoms with Crippen LogP contribution in [-0.4, -0.2) is 23.9 Å². The van der Waals surface area contributed by atoms with Crippen molar-refractivity contribution in [2.45, 2.75) is 32.7 Å². The molecule has 0 aromatic heterocycles.